The predicted molar refractivity (Wildman–Crippen MR) is 93.3 cm³/mol. The molecule has 0 amide bonds. The van der Waals surface area contributed by atoms with Gasteiger partial charge < -0.3 is 19.5 Å². The summed E-state index contributed by atoms with van der Waals surface area (Å²) in [5.74, 6) is -2.04. The zero-order valence-electron chi connectivity index (χ0n) is 14.7. The van der Waals surface area contributed by atoms with E-state index in [2.05, 4.69) is 6.07 Å². The Hall–Kier alpha value is -2.85. The number of fused-ring (bicyclic) bond motifs is 3. The number of nitrogens with zero attached hydrogens (tertiary/aromatic N) is 2. The van der Waals surface area contributed by atoms with Gasteiger partial charge in [0.15, 0.2) is 0 Å². The van der Waals surface area contributed by atoms with Crippen LogP contribution in [0.15, 0.2) is 6.07 Å². The summed E-state index contributed by atoms with van der Waals surface area (Å²) in [5, 5.41) is 29.1. The Morgan fingerprint density at radius 3 is 2.73 bits per heavy atom. The van der Waals surface area contributed by atoms with Gasteiger partial charge in [0.1, 0.15) is 6.10 Å². The van der Waals surface area contributed by atoms with Gasteiger partial charge in [-0.25, -0.2) is 4.79 Å². The molecule has 0 bridgehead atoms. The molecule has 7 nitrogen and oxygen atoms in total. The number of aromatic nitrogens is 1. The molecule has 1 aromatic heterocycles. The van der Waals surface area contributed by atoms with E-state index in [1.54, 1.807) is 6.92 Å². The van der Waals surface area contributed by atoms with Gasteiger partial charge in [0.25, 0.3) is 0 Å². The van der Waals surface area contributed by atoms with Crippen LogP contribution in [0.2, 0.25) is 0 Å². The average Bonchev–Trinajstić information content (AvgIpc) is 2.91. The van der Waals surface area contributed by atoms with E-state index in [0.29, 0.717) is 36.2 Å². The fourth-order valence-corrected chi connectivity index (χ4v) is 3.91. The van der Waals surface area contributed by atoms with Crippen LogP contribution >= 0.6 is 0 Å². The lowest BCUT2D eigenvalue weighted by Gasteiger charge is -2.25. The third-order valence-corrected chi connectivity index (χ3v) is 4.86. The summed E-state index contributed by atoms with van der Waals surface area (Å²) in [6.45, 7) is 4.70. The van der Waals surface area contributed by atoms with Gasteiger partial charge in [-0.2, -0.15) is 5.26 Å². The first-order valence-corrected chi connectivity index (χ1v) is 8.56. The summed E-state index contributed by atoms with van der Waals surface area (Å²) in [6, 6.07) is 3.53. The van der Waals surface area contributed by atoms with Gasteiger partial charge in [-0.15, -0.1) is 0 Å². The molecular formula is C19H20N2O5. The van der Waals surface area contributed by atoms with E-state index in [1.165, 1.54) is 6.07 Å². The van der Waals surface area contributed by atoms with Gasteiger partial charge in [0.2, 0.25) is 0 Å². The number of rotatable bonds is 5. The number of aromatic carboxylic acids is 1. The minimum atomic E-state index is -1.08. The molecule has 1 unspecified atom stereocenters. The van der Waals surface area contributed by atoms with Crippen molar-refractivity contribution in [1.82, 2.24) is 4.57 Å². The zero-order valence-corrected chi connectivity index (χ0v) is 14.7. The Morgan fingerprint density at radius 2 is 2.15 bits per heavy atom. The lowest BCUT2D eigenvalue weighted by atomic mass is 9.95. The first-order chi connectivity index (χ1) is 12.4. The molecule has 136 valence electrons. The van der Waals surface area contributed by atoms with E-state index in [4.69, 9.17) is 4.74 Å². The zero-order chi connectivity index (χ0) is 19.0. The monoisotopic (exact) mass is 356 g/mol. The van der Waals surface area contributed by atoms with Gasteiger partial charge >= 0.3 is 11.9 Å². The highest BCUT2D eigenvalue weighted by atomic mass is 16.5. The fourth-order valence-electron chi connectivity index (χ4n) is 3.91. The lowest BCUT2D eigenvalue weighted by molar-refractivity contribution is -0.140. The van der Waals surface area contributed by atoms with Crippen molar-refractivity contribution in [2.45, 2.75) is 45.8 Å². The fraction of sp³-hybridized carbons (Fsp3) is 0.421. The largest absolute Gasteiger partial charge is 0.481 e. The SMILES string of the molecule is CCCn1c2c(c3c(C#N)cc(C(=O)O)c(C)c31)CCOC2CC(=O)O. The number of aliphatic carboxylic acids is 1. The van der Waals surface area contributed by atoms with Crippen LogP contribution in [0.4, 0.5) is 0 Å². The number of nitriles is 1. The lowest BCUT2D eigenvalue weighted by Crippen LogP contribution is -2.21. The molecule has 0 saturated heterocycles. The van der Waals surface area contributed by atoms with Gasteiger partial charge in [0.05, 0.1) is 41.4 Å². The van der Waals surface area contributed by atoms with Crippen molar-refractivity contribution in [1.29, 1.82) is 5.26 Å². The van der Waals surface area contributed by atoms with E-state index in [9.17, 15) is 25.1 Å². The molecule has 2 N–H and O–H groups in total. The Labute approximate surface area is 150 Å². The van der Waals surface area contributed by atoms with E-state index < -0.39 is 18.0 Å². The van der Waals surface area contributed by atoms with Gasteiger partial charge in [-0.1, -0.05) is 6.92 Å². The first kappa shape index (κ1) is 18.0. The second-order valence-corrected chi connectivity index (χ2v) is 6.46. The summed E-state index contributed by atoms with van der Waals surface area (Å²) in [7, 11) is 0. The molecule has 26 heavy (non-hydrogen) atoms. The number of ether oxygens (including phenoxy) is 1. The minimum Gasteiger partial charge on any atom is -0.481 e. The maximum Gasteiger partial charge on any atom is 0.336 e. The maximum absolute atomic E-state index is 11.6. The molecule has 7 heteroatoms. The quantitative estimate of drug-likeness (QED) is 0.851. The standard InChI is InChI=1S/C19H20N2O5/c1-3-5-21-17-10(2)13(19(24)25)7-11(9-20)16(17)12-4-6-26-14(18(12)21)8-15(22)23/h7,14H,3-6,8H2,1-2H3,(H,22,23)(H,24,25). The van der Waals surface area contributed by atoms with Crippen LogP contribution in [0.5, 0.6) is 0 Å². The number of hydrogen-bond acceptors (Lipinski definition) is 4. The van der Waals surface area contributed by atoms with Crippen molar-refractivity contribution < 1.29 is 24.5 Å². The Balaban J connectivity index is 2.43. The molecule has 3 rings (SSSR count). The van der Waals surface area contributed by atoms with E-state index in [0.717, 1.165) is 23.1 Å². The van der Waals surface area contributed by atoms with E-state index >= 15 is 0 Å². The topological polar surface area (TPSA) is 113 Å². The van der Waals surface area contributed by atoms with Crippen LogP contribution in [-0.4, -0.2) is 33.3 Å². The summed E-state index contributed by atoms with van der Waals surface area (Å²) in [4.78, 5) is 22.9. The Morgan fingerprint density at radius 1 is 1.42 bits per heavy atom. The summed E-state index contributed by atoms with van der Waals surface area (Å²) in [6.07, 6.45) is 0.586. The van der Waals surface area contributed by atoms with E-state index in [-0.39, 0.29) is 12.0 Å². The molecule has 0 aliphatic carbocycles. The smallest absolute Gasteiger partial charge is 0.336 e. The van der Waals surface area contributed by atoms with Crippen LogP contribution in [0.1, 0.15) is 58.6 Å². The van der Waals surface area contributed by atoms with Crippen LogP contribution in [0.3, 0.4) is 0 Å². The van der Waals surface area contributed by atoms with Crippen molar-refractivity contribution in [3.05, 3.63) is 34.0 Å². The van der Waals surface area contributed by atoms with Crippen molar-refractivity contribution in [3.8, 4) is 6.07 Å². The molecule has 0 fully saturated rings. The number of aryl methyl sites for hydroxylation is 2. The molecule has 1 atom stereocenters. The minimum absolute atomic E-state index is 0.0944. The molecule has 1 aromatic carbocycles. The normalized spacial score (nSPS) is 16.3. The van der Waals surface area contributed by atoms with Crippen LogP contribution in [0.25, 0.3) is 10.9 Å². The predicted octanol–water partition coefficient (Wildman–Crippen LogP) is 3.02. The molecule has 0 spiro atoms. The Kier molecular flexibility index (Phi) is 4.70. The van der Waals surface area contributed by atoms with Crippen LogP contribution < -0.4 is 0 Å². The highest BCUT2D eigenvalue weighted by Gasteiger charge is 2.32. The summed E-state index contributed by atoms with van der Waals surface area (Å²) < 4.78 is 7.68. The number of hydrogen-bond donors (Lipinski definition) is 2. The third kappa shape index (κ3) is 2.72. The molecular weight excluding hydrogens is 336 g/mol. The molecule has 2 heterocycles. The molecule has 1 aliphatic rings. The van der Waals surface area contributed by atoms with Crippen LogP contribution in [-0.2, 0) is 22.5 Å². The van der Waals surface area contributed by atoms with E-state index in [1.807, 2.05) is 11.5 Å². The number of carbonyl (C=O) groups is 2. The highest BCUT2D eigenvalue weighted by molar-refractivity contribution is 6.01. The second kappa shape index (κ2) is 6.81. The second-order valence-electron chi connectivity index (χ2n) is 6.46. The summed E-state index contributed by atoms with van der Waals surface area (Å²) >= 11 is 0. The number of carboxylic acids is 2. The van der Waals surface area contributed by atoms with Crippen molar-refractivity contribution in [2.24, 2.45) is 0 Å². The van der Waals surface area contributed by atoms with Crippen molar-refractivity contribution in [2.75, 3.05) is 6.61 Å². The molecule has 2 aromatic rings. The third-order valence-electron chi connectivity index (χ3n) is 4.86. The highest BCUT2D eigenvalue weighted by Crippen LogP contribution is 2.40. The van der Waals surface area contributed by atoms with Crippen molar-refractivity contribution in [3.63, 3.8) is 0 Å². The summed E-state index contributed by atoms with van der Waals surface area (Å²) in [5.41, 5.74) is 3.36. The number of carboxylic acid groups (broad SMARTS) is 2. The van der Waals surface area contributed by atoms with Crippen LogP contribution in [0, 0.1) is 18.3 Å². The average molecular weight is 356 g/mol. The molecule has 0 saturated carbocycles. The van der Waals surface area contributed by atoms with Gasteiger partial charge in [-0.05, 0) is 37.0 Å². The molecule has 0 radical (unpaired) electrons. The van der Waals surface area contributed by atoms with Gasteiger partial charge in [0, 0.05) is 11.9 Å². The Bertz CT molecular complexity index is 951. The first-order valence-electron chi connectivity index (χ1n) is 8.56. The van der Waals surface area contributed by atoms with Crippen molar-refractivity contribution >= 4 is 22.8 Å². The van der Waals surface area contributed by atoms with Gasteiger partial charge in [-0.3, -0.25) is 4.79 Å². The maximum atomic E-state index is 11.6. The molecule has 1 aliphatic heterocycles. The number of benzene rings is 1.